The fourth-order valence-electron chi connectivity index (χ4n) is 12.0. The van der Waals surface area contributed by atoms with Gasteiger partial charge in [-0.25, -0.2) is 18.9 Å². The zero-order valence-electron chi connectivity index (χ0n) is 60.9. The topological polar surface area (TPSA) is 397 Å². The lowest BCUT2D eigenvalue weighted by Crippen LogP contribution is -2.54. The van der Waals surface area contributed by atoms with Crippen molar-refractivity contribution in [2.24, 2.45) is 11.7 Å². The number of phosphoric acid groups is 1. The van der Waals surface area contributed by atoms with Crippen molar-refractivity contribution in [3.8, 4) is 11.5 Å². The van der Waals surface area contributed by atoms with Crippen molar-refractivity contribution in [2.75, 3.05) is 165 Å². The molecule has 5 aromatic carbocycles. The summed E-state index contributed by atoms with van der Waals surface area (Å²) in [5.41, 5.74) is 8.48. The monoisotopic (exact) mass is 1660 g/mol. The summed E-state index contributed by atoms with van der Waals surface area (Å²) in [6.45, 7) is 8.51. The van der Waals surface area contributed by atoms with Crippen LogP contribution in [0.25, 0.3) is 21.5 Å². The van der Waals surface area contributed by atoms with Crippen molar-refractivity contribution in [1.82, 2.24) is 31.1 Å². The lowest BCUT2D eigenvalue weighted by atomic mass is 9.95. The van der Waals surface area contributed by atoms with E-state index in [1.807, 2.05) is 12.1 Å². The van der Waals surface area contributed by atoms with Crippen LogP contribution < -0.4 is 51.4 Å². The summed E-state index contributed by atoms with van der Waals surface area (Å²) >= 11 is 17.2. The van der Waals surface area contributed by atoms with Gasteiger partial charge in [-0.3, -0.25) is 39.1 Å². The number of hydrogen-bond donors (Lipinski definition) is 9. The van der Waals surface area contributed by atoms with Gasteiger partial charge in [-0.1, -0.05) is 90.4 Å². The minimum Gasteiger partial charge on any atom is -0.445 e. The van der Waals surface area contributed by atoms with E-state index in [4.69, 9.17) is 71.4 Å². The highest BCUT2D eigenvalue weighted by molar-refractivity contribution is 9.09. The van der Waals surface area contributed by atoms with Gasteiger partial charge < -0.3 is 94.1 Å². The molecule has 0 spiro atoms. The molecule has 0 aliphatic carbocycles. The molecule has 3 heterocycles. The molecule has 36 heteroatoms. The van der Waals surface area contributed by atoms with Crippen LogP contribution in [0.2, 0.25) is 0 Å². The lowest BCUT2D eigenvalue weighted by molar-refractivity contribution is -0.132. The van der Waals surface area contributed by atoms with Gasteiger partial charge in [0.05, 0.1) is 100 Å². The number of carbonyl (C=O) groups is 8. The molecule has 8 rings (SSSR count). The molecule has 10 N–H and O–H groups in total. The number of anilines is 3. The number of aliphatic hydroxyl groups is 1. The molecule has 9 amide bonds. The van der Waals surface area contributed by atoms with Gasteiger partial charge in [0.2, 0.25) is 17.7 Å². The first-order valence-electron chi connectivity index (χ1n) is 35.4. The van der Waals surface area contributed by atoms with Crippen molar-refractivity contribution < 1.29 is 100 Å². The first-order chi connectivity index (χ1) is 52.4. The third kappa shape index (κ3) is 25.9. The largest absolute Gasteiger partial charge is 0.524 e. The average molecular weight is 1660 g/mol. The van der Waals surface area contributed by atoms with E-state index in [1.54, 1.807) is 97.6 Å². The van der Waals surface area contributed by atoms with E-state index in [0.29, 0.717) is 116 Å². The Balaban J connectivity index is 0.763. The quantitative estimate of drug-likeness (QED) is 0.00756. The highest BCUT2D eigenvalue weighted by atomic mass is 79.9. The number of nitrogens with zero attached hydrogens (tertiary/aromatic N) is 4. The molecule has 5 atom stereocenters. The Kier molecular flexibility index (Phi) is 34.8. The van der Waals surface area contributed by atoms with Gasteiger partial charge in [-0.05, 0) is 70.5 Å². The van der Waals surface area contributed by atoms with E-state index < -0.39 is 73.9 Å². The van der Waals surface area contributed by atoms with E-state index in [9.17, 15) is 57.8 Å². The number of amides is 9. The predicted molar refractivity (Wildman–Crippen MR) is 415 cm³/mol. The van der Waals surface area contributed by atoms with Gasteiger partial charge >= 0.3 is 26.0 Å². The molecule has 1 aromatic heterocycles. The van der Waals surface area contributed by atoms with Crippen LogP contribution in [0.5, 0.6) is 11.5 Å². The number of primary amides is 1. The average Bonchev–Trinajstić information content (AvgIpc) is 1.62. The van der Waals surface area contributed by atoms with Crippen molar-refractivity contribution >= 4 is 145 Å². The Morgan fingerprint density at radius 3 is 1.62 bits per heavy atom. The number of alkyl halides is 3. The Labute approximate surface area is 653 Å². The normalized spacial score (nSPS) is 14.7. The van der Waals surface area contributed by atoms with E-state index in [0.717, 1.165) is 22.5 Å². The molecule has 0 radical (unpaired) electrons. The number of fused-ring (bicyclic) bond motifs is 6. The van der Waals surface area contributed by atoms with E-state index in [2.05, 4.69) is 42.5 Å². The number of benzene rings is 5. The van der Waals surface area contributed by atoms with Crippen LogP contribution in [0.3, 0.4) is 0 Å². The van der Waals surface area contributed by atoms with Crippen LogP contribution in [-0.2, 0) is 58.7 Å². The molecule has 2 aliphatic heterocycles. The van der Waals surface area contributed by atoms with Gasteiger partial charge in [-0.15, -0.1) is 34.5 Å². The molecular formula is C73H94BrCl2N10O21PS. The molecule has 2 aliphatic rings. The van der Waals surface area contributed by atoms with E-state index >= 15 is 0 Å². The number of likely N-dealkylation sites (N-methyl/N-ethyl adjacent to an activating group) is 2. The summed E-state index contributed by atoms with van der Waals surface area (Å²) in [6.07, 6.45) is -1.78. The predicted octanol–water partition coefficient (Wildman–Crippen LogP) is 8.00. The lowest BCUT2D eigenvalue weighted by Gasteiger charge is -2.25. The SMILES string of the molecule is CC(C)C(NC(=O)CCOCCOCCOCCOCCOCCOCCNC(O)CBr)C(=O)NC(CCCNC(N)=O)C(=O)Nc1ccc(COC(=O)N(C)CCN(C)C(=O)Oc2cc3c(c4ccccc24)[C@H](CCl)CN3C(=O)c2ccc(C(=O)N3C[C@@H](CCl)c4c3cc(OP(=O)(O)O)c3ccccc43)s2)cc1. The number of rotatable bonds is 45. The second kappa shape index (κ2) is 43.7. The Morgan fingerprint density at radius 1 is 0.642 bits per heavy atom. The molecule has 0 fully saturated rings. The third-order valence-electron chi connectivity index (χ3n) is 17.5. The van der Waals surface area contributed by atoms with Crippen molar-refractivity contribution in [1.29, 1.82) is 0 Å². The van der Waals surface area contributed by atoms with Crippen LogP contribution in [0.1, 0.15) is 81.0 Å². The fraction of sp³-hybridized carbons (Fsp3) is 0.479. The number of ether oxygens (including phenoxy) is 8. The van der Waals surface area contributed by atoms with Crippen LogP contribution in [0.4, 0.5) is 31.4 Å². The number of aliphatic hydroxyl groups excluding tert-OH is 1. The molecular weight excluding hydrogens is 1570 g/mol. The molecule has 0 bridgehead atoms. The first-order valence-corrected chi connectivity index (χ1v) is 39.9. The standard InChI is InChI=1S/C73H94BrCl2N10O21PS/c1-46(2)66(82-62(87)21-26-99-28-30-101-32-34-103-36-37-104-35-33-102-31-29-100-27-23-78-63(88)40-74)68(90)81-55(14-9-22-79-71(77)93)67(89)80-50-17-15-47(16-18-50)45-105-72(94)83(3)24-25-84(4)73(95)106-58-38-56-64(53-12-7-5-10-51(53)58)48(41-75)43-85(56)69(91)60-19-20-61(109-60)70(92)86-44-49(42-76)65-54-13-8-6-11-52(54)59(39-57(65)86)107-108(96,97)98/h5-8,10-13,15-20,38-39,46,48-49,55,63,66,78,88H,9,14,21-37,40-45H2,1-4H3,(H,80,89)(H,81,90)(H,82,87)(H3,77,79,93)(H2,96,97,98)/t48-,49-,55?,63?,66?/m1/s1. The molecule has 0 saturated heterocycles. The van der Waals surface area contributed by atoms with Gasteiger partial charge in [0.1, 0.15) is 36.4 Å². The van der Waals surface area contributed by atoms with Crippen LogP contribution >= 0.6 is 58.3 Å². The summed E-state index contributed by atoms with van der Waals surface area (Å²) in [5.74, 6) is -3.25. The van der Waals surface area contributed by atoms with Gasteiger partial charge in [0.15, 0.2) is 0 Å². The van der Waals surface area contributed by atoms with Crippen LogP contribution in [-0.4, -0.2) is 240 Å². The smallest absolute Gasteiger partial charge is 0.445 e. The van der Waals surface area contributed by atoms with E-state index in [1.165, 1.54) is 34.9 Å². The number of nitrogens with one attached hydrogen (secondary N) is 5. The Hall–Kier alpha value is -7.83. The number of hydrogen-bond acceptors (Lipinski definition) is 21. The zero-order valence-corrected chi connectivity index (χ0v) is 65.7. The molecule has 0 saturated carbocycles. The second-order valence-electron chi connectivity index (χ2n) is 25.8. The van der Waals surface area contributed by atoms with Gasteiger partial charge in [0.25, 0.3) is 11.8 Å². The fourth-order valence-corrected chi connectivity index (χ4v) is 14.0. The van der Waals surface area contributed by atoms with Gasteiger partial charge in [0, 0.05) is 117 Å². The number of urea groups is 1. The number of nitrogens with two attached hydrogens (primary N) is 1. The van der Waals surface area contributed by atoms with Crippen molar-refractivity contribution in [3.05, 3.63) is 124 Å². The molecule has 6 aromatic rings. The molecule has 31 nitrogen and oxygen atoms in total. The molecule has 594 valence electrons. The summed E-state index contributed by atoms with van der Waals surface area (Å²) in [4.78, 5) is 134. The third-order valence-corrected chi connectivity index (χ3v) is 20.4. The number of thiophene rings is 1. The molecule has 109 heavy (non-hydrogen) atoms. The minimum absolute atomic E-state index is 0.0119. The highest BCUT2D eigenvalue weighted by Gasteiger charge is 2.40. The number of halogens is 3. The molecule has 3 unspecified atom stereocenters. The van der Waals surface area contributed by atoms with Crippen molar-refractivity contribution in [3.63, 3.8) is 0 Å². The minimum atomic E-state index is -5.01. The Morgan fingerprint density at radius 2 is 1.13 bits per heavy atom. The first kappa shape index (κ1) is 86.8. The second-order valence-corrected chi connectivity index (χ2v) is 29.3. The summed E-state index contributed by atoms with van der Waals surface area (Å²) < 4.78 is 61.8. The Bertz CT molecular complexity index is 4110. The van der Waals surface area contributed by atoms with Crippen molar-refractivity contribution in [2.45, 2.75) is 69.9 Å². The summed E-state index contributed by atoms with van der Waals surface area (Å²) in [7, 11) is -2.01. The van der Waals surface area contributed by atoms with Crippen LogP contribution in [0.15, 0.2) is 97.1 Å². The maximum Gasteiger partial charge on any atom is 0.524 e. The highest BCUT2D eigenvalue weighted by Crippen LogP contribution is 2.50. The zero-order chi connectivity index (χ0) is 78.6. The maximum absolute atomic E-state index is 14.7. The summed E-state index contributed by atoms with van der Waals surface area (Å²) in [6, 6.07) is 23.9. The number of carbonyl (C=O) groups excluding carboxylic acids is 8. The summed E-state index contributed by atoms with van der Waals surface area (Å²) in [5, 5.41) is 25.9. The van der Waals surface area contributed by atoms with E-state index in [-0.39, 0.29) is 129 Å². The maximum atomic E-state index is 14.7. The van der Waals surface area contributed by atoms with Gasteiger partial charge in [-0.2, -0.15) is 0 Å². The number of phosphoric ester groups is 1. The van der Waals surface area contributed by atoms with Crippen LogP contribution in [0, 0.1) is 5.92 Å².